The van der Waals surface area contributed by atoms with Crippen molar-refractivity contribution >= 4 is 22.4 Å². The minimum Gasteiger partial charge on any atom is -0.486 e. The lowest BCUT2D eigenvalue weighted by atomic mass is 10.1. The van der Waals surface area contributed by atoms with E-state index < -0.39 is 0 Å². The third-order valence-electron chi connectivity index (χ3n) is 5.42. The molecule has 2 N–H and O–H groups in total. The number of amides is 1. The van der Waals surface area contributed by atoms with E-state index in [4.69, 9.17) is 9.47 Å². The molecule has 0 spiro atoms. The molecule has 7 heteroatoms. The Bertz CT molecular complexity index is 1050. The van der Waals surface area contributed by atoms with Crippen molar-refractivity contribution in [1.82, 2.24) is 4.98 Å². The summed E-state index contributed by atoms with van der Waals surface area (Å²) in [6.45, 7) is 4.14. The molecule has 5 rings (SSSR count). The van der Waals surface area contributed by atoms with Crippen LogP contribution in [0.4, 0.5) is 5.13 Å². The fourth-order valence-electron chi connectivity index (χ4n) is 3.96. The van der Waals surface area contributed by atoms with Crippen molar-refractivity contribution in [2.24, 2.45) is 0 Å². The van der Waals surface area contributed by atoms with Crippen molar-refractivity contribution in [3.05, 3.63) is 70.2 Å². The third-order valence-corrected chi connectivity index (χ3v) is 6.43. The van der Waals surface area contributed by atoms with Crippen LogP contribution in [-0.4, -0.2) is 30.6 Å². The number of fused-ring (bicyclic) bond motifs is 2. The lowest BCUT2D eigenvalue weighted by Crippen LogP contribution is -3.10. The molecule has 0 fully saturated rings. The highest BCUT2D eigenvalue weighted by Gasteiger charge is 2.24. The number of aromatic nitrogens is 1. The number of nitrogens with zero attached hydrogens (tertiary/aromatic N) is 1. The maximum Gasteiger partial charge on any atom is 0.230 e. The fraction of sp³-hybridized carbons (Fsp3) is 0.304. The Labute approximate surface area is 179 Å². The predicted octanol–water partition coefficient (Wildman–Crippen LogP) is 2.24. The fourth-order valence-corrected chi connectivity index (χ4v) is 5.06. The zero-order chi connectivity index (χ0) is 20.3. The molecule has 2 aliphatic heterocycles. The highest BCUT2D eigenvalue weighted by atomic mass is 32.1. The summed E-state index contributed by atoms with van der Waals surface area (Å²) in [5, 5.41) is 3.68. The summed E-state index contributed by atoms with van der Waals surface area (Å²) in [6.07, 6.45) is 1.23. The van der Waals surface area contributed by atoms with Crippen LogP contribution in [0.25, 0.3) is 0 Å². The Hall–Kier alpha value is -2.90. The Kier molecular flexibility index (Phi) is 5.38. The van der Waals surface area contributed by atoms with Gasteiger partial charge in [0.2, 0.25) is 5.91 Å². The van der Waals surface area contributed by atoms with Crippen molar-refractivity contribution in [1.29, 1.82) is 0 Å². The second-order valence-electron chi connectivity index (χ2n) is 7.68. The van der Waals surface area contributed by atoms with Gasteiger partial charge in [-0.25, -0.2) is 4.98 Å². The Morgan fingerprint density at radius 3 is 2.77 bits per heavy atom. The van der Waals surface area contributed by atoms with Gasteiger partial charge in [0.1, 0.15) is 26.3 Å². The van der Waals surface area contributed by atoms with Gasteiger partial charge in [0.25, 0.3) is 0 Å². The van der Waals surface area contributed by atoms with Crippen LogP contribution in [0, 0.1) is 0 Å². The van der Waals surface area contributed by atoms with Gasteiger partial charge < -0.3 is 19.7 Å². The summed E-state index contributed by atoms with van der Waals surface area (Å²) in [5.41, 5.74) is 3.39. The maximum absolute atomic E-state index is 12.5. The summed E-state index contributed by atoms with van der Waals surface area (Å²) in [6, 6.07) is 16.2. The maximum atomic E-state index is 12.5. The molecule has 2 aliphatic rings. The molecule has 3 aromatic rings. The summed E-state index contributed by atoms with van der Waals surface area (Å²) in [7, 11) is 0. The van der Waals surface area contributed by atoms with Crippen LogP contribution in [0.1, 0.15) is 21.7 Å². The number of nitrogens with one attached hydrogen (secondary N) is 2. The Morgan fingerprint density at radius 2 is 1.90 bits per heavy atom. The number of thiazole rings is 1. The molecule has 0 aliphatic carbocycles. The second kappa shape index (κ2) is 8.45. The van der Waals surface area contributed by atoms with E-state index in [1.165, 1.54) is 15.3 Å². The van der Waals surface area contributed by atoms with E-state index in [2.05, 4.69) is 40.6 Å². The van der Waals surface area contributed by atoms with Crippen LogP contribution in [0.2, 0.25) is 0 Å². The second-order valence-corrected chi connectivity index (χ2v) is 8.76. The number of anilines is 1. The summed E-state index contributed by atoms with van der Waals surface area (Å²) < 4.78 is 11.1. The third kappa shape index (κ3) is 4.32. The minimum absolute atomic E-state index is 0.0636. The highest BCUT2D eigenvalue weighted by molar-refractivity contribution is 7.15. The molecule has 30 heavy (non-hydrogen) atoms. The molecular weight excluding hydrogens is 398 g/mol. The van der Waals surface area contributed by atoms with Crippen molar-refractivity contribution < 1.29 is 19.2 Å². The first-order chi connectivity index (χ1) is 14.7. The number of hydrogen-bond donors (Lipinski definition) is 2. The molecule has 0 bridgehead atoms. The number of quaternary nitrogens is 1. The predicted molar refractivity (Wildman–Crippen MR) is 115 cm³/mol. The molecule has 2 aromatic carbocycles. The Balaban J connectivity index is 1.20. The normalized spacial score (nSPS) is 17.3. The van der Waals surface area contributed by atoms with E-state index in [9.17, 15) is 4.79 Å². The van der Waals surface area contributed by atoms with Gasteiger partial charge in [-0.2, -0.15) is 0 Å². The van der Waals surface area contributed by atoms with Gasteiger partial charge >= 0.3 is 0 Å². The van der Waals surface area contributed by atoms with E-state index in [1.54, 1.807) is 11.3 Å². The quantitative estimate of drug-likeness (QED) is 0.662. The topological polar surface area (TPSA) is 64.9 Å². The lowest BCUT2D eigenvalue weighted by molar-refractivity contribution is -0.929. The van der Waals surface area contributed by atoms with Gasteiger partial charge in [0, 0.05) is 12.0 Å². The van der Waals surface area contributed by atoms with Crippen LogP contribution < -0.4 is 19.7 Å². The summed E-state index contributed by atoms with van der Waals surface area (Å²) >= 11 is 1.60. The number of benzene rings is 2. The standard InChI is InChI=1S/C23H23N3O3S/c27-22(13-17-6-7-19-20(12-17)29-11-10-28-19)25-23-24-18-8-9-26(15-21(18)30-23)14-16-4-2-1-3-5-16/h1-7,12H,8-11,13-15H2,(H,24,25,27)/p+1. The lowest BCUT2D eigenvalue weighted by Gasteiger charge is -2.22. The zero-order valence-corrected chi connectivity index (χ0v) is 17.5. The van der Waals surface area contributed by atoms with E-state index in [0.29, 0.717) is 24.1 Å². The average Bonchev–Trinajstić information content (AvgIpc) is 3.15. The number of carbonyl (C=O) groups is 1. The molecule has 154 valence electrons. The number of hydrogen-bond acceptors (Lipinski definition) is 5. The van der Waals surface area contributed by atoms with Crippen molar-refractivity contribution in [3.8, 4) is 11.5 Å². The van der Waals surface area contributed by atoms with Gasteiger partial charge in [0.15, 0.2) is 16.6 Å². The average molecular weight is 423 g/mol. The minimum atomic E-state index is -0.0636. The molecule has 3 heterocycles. The molecule has 0 saturated carbocycles. The van der Waals surface area contributed by atoms with Crippen LogP contribution in [0.15, 0.2) is 48.5 Å². The number of carbonyl (C=O) groups excluding carboxylic acids is 1. The van der Waals surface area contributed by atoms with E-state index in [1.807, 2.05) is 18.2 Å². The highest BCUT2D eigenvalue weighted by Crippen LogP contribution is 2.31. The molecule has 0 radical (unpaired) electrons. The smallest absolute Gasteiger partial charge is 0.230 e. The monoisotopic (exact) mass is 422 g/mol. The zero-order valence-electron chi connectivity index (χ0n) is 16.6. The molecular formula is C23H24N3O3S+. The molecule has 1 amide bonds. The van der Waals surface area contributed by atoms with E-state index in [-0.39, 0.29) is 12.3 Å². The first-order valence-electron chi connectivity index (χ1n) is 10.3. The summed E-state index contributed by atoms with van der Waals surface area (Å²) in [4.78, 5) is 20.0. The van der Waals surface area contributed by atoms with Crippen LogP contribution in [0.3, 0.4) is 0 Å². The first-order valence-corrected chi connectivity index (χ1v) is 11.1. The molecule has 0 saturated heterocycles. The van der Waals surface area contributed by atoms with E-state index in [0.717, 1.165) is 43.1 Å². The largest absolute Gasteiger partial charge is 0.486 e. The van der Waals surface area contributed by atoms with Gasteiger partial charge in [-0.05, 0) is 17.7 Å². The number of rotatable bonds is 5. The molecule has 1 aromatic heterocycles. The SMILES string of the molecule is O=C(Cc1ccc2c(c1)OCCO2)Nc1nc2c(s1)C[NH+](Cc1ccccc1)CC2. The van der Waals surface area contributed by atoms with Gasteiger partial charge in [0.05, 0.1) is 23.5 Å². The number of ether oxygens (including phenoxy) is 2. The van der Waals surface area contributed by atoms with Gasteiger partial charge in [-0.3, -0.25) is 4.79 Å². The van der Waals surface area contributed by atoms with Crippen molar-refractivity contribution in [2.45, 2.75) is 25.9 Å². The molecule has 1 unspecified atom stereocenters. The summed E-state index contributed by atoms with van der Waals surface area (Å²) in [5.74, 6) is 1.38. The van der Waals surface area contributed by atoms with Gasteiger partial charge in [-0.15, -0.1) is 0 Å². The van der Waals surface area contributed by atoms with Crippen LogP contribution >= 0.6 is 11.3 Å². The Morgan fingerprint density at radius 1 is 1.07 bits per heavy atom. The van der Waals surface area contributed by atoms with Crippen molar-refractivity contribution in [3.63, 3.8) is 0 Å². The molecule has 1 atom stereocenters. The van der Waals surface area contributed by atoms with Crippen molar-refractivity contribution in [2.75, 3.05) is 25.1 Å². The van der Waals surface area contributed by atoms with E-state index >= 15 is 0 Å². The van der Waals surface area contributed by atoms with Gasteiger partial charge in [-0.1, -0.05) is 47.7 Å². The van der Waals surface area contributed by atoms with Crippen LogP contribution in [0.5, 0.6) is 11.5 Å². The molecule has 6 nitrogen and oxygen atoms in total. The first kappa shape index (κ1) is 19.1. The van der Waals surface area contributed by atoms with Crippen LogP contribution in [-0.2, 0) is 30.7 Å².